The van der Waals surface area contributed by atoms with Gasteiger partial charge in [0.15, 0.2) is 5.82 Å². The lowest BCUT2D eigenvalue weighted by Crippen LogP contribution is -2.12. The van der Waals surface area contributed by atoms with Crippen molar-refractivity contribution >= 4 is 10.0 Å². The van der Waals surface area contributed by atoms with Crippen LogP contribution in [0.5, 0.6) is 0 Å². The molecule has 0 unspecified atom stereocenters. The maximum atomic E-state index is 11.1. The van der Waals surface area contributed by atoms with Gasteiger partial charge in [0.1, 0.15) is 12.9 Å². The Morgan fingerprint density at radius 1 is 1.26 bits per heavy atom. The molecule has 8 heteroatoms. The molecule has 0 saturated carbocycles. The first-order valence-corrected chi connectivity index (χ1v) is 7.14. The third-order valence-corrected chi connectivity index (χ3v) is 3.66. The zero-order valence-corrected chi connectivity index (χ0v) is 10.9. The first-order valence-electron chi connectivity index (χ1n) is 5.60. The second kappa shape index (κ2) is 5.47. The third-order valence-electron chi connectivity index (χ3n) is 2.73. The summed E-state index contributed by atoms with van der Waals surface area (Å²) in [4.78, 5) is 0.0941. The van der Waals surface area contributed by atoms with E-state index < -0.39 is 10.0 Å². The van der Waals surface area contributed by atoms with Gasteiger partial charge in [-0.15, -0.1) is 10.2 Å². The Bertz CT molecular complexity index is 649. The first kappa shape index (κ1) is 13.7. The number of hydrogen-bond acceptors (Lipinski definition) is 5. The maximum Gasteiger partial charge on any atom is 0.238 e. The van der Waals surface area contributed by atoms with E-state index in [0.29, 0.717) is 18.8 Å². The molecule has 3 N–H and O–H groups in total. The Balaban J connectivity index is 2.05. The molecule has 0 saturated heterocycles. The second-order valence-corrected chi connectivity index (χ2v) is 5.60. The Morgan fingerprint density at radius 3 is 2.53 bits per heavy atom. The van der Waals surface area contributed by atoms with Crippen molar-refractivity contribution in [2.24, 2.45) is 5.14 Å². The lowest BCUT2D eigenvalue weighted by atomic mass is 10.1. The summed E-state index contributed by atoms with van der Waals surface area (Å²) >= 11 is 0. The minimum absolute atomic E-state index is 0.0941. The van der Waals surface area contributed by atoms with Crippen molar-refractivity contribution in [3.05, 3.63) is 42.0 Å². The number of aryl methyl sites for hydroxylation is 2. The van der Waals surface area contributed by atoms with E-state index in [9.17, 15) is 8.42 Å². The summed E-state index contributed by atoms with van der Waals surface area (Å²) in [5.41, 5.74) is 0.963. The molecular formula is C11H14N4O3S. The van der Waals surface area contributed by atoms with Crippen LogP contribution >= 0.6 is 0 Å². The molecule has 0 aliphatic rings. The molecule has 1 heterocycles. The van der Waals surface area contributed by atoms with Crippen molar-refractivity contribution < 1.29 is 13.5 Å². The molecular weight excluding hydrogens is 268 g/mol. The molecule has 0 bridgehead atoms. The molecule has 0 amide bonds. The van der Waals surface area contributed by atoms with Crippen molar-refractivity contribution in [1.82, 2.24) is 14.8 Å². The highest BCUT2D eigenvalue weighted by molar-refractivity contribution is 7.89. The van der Waals surface area contributed by atoms with E-state index in [1.54, 1.807) is 23.0 Å². The van der Waals surface area contributed by atoms with Crippen LogP contribution in [0.25, 0.3) is 0 Å². The monoisotopic (exact) mass is 282 g/mol. The van der Waals surface area contributed by atoms with Crippen LogP contribution in [-0.4, -0.2) is 28.3 Å². The number of nitrogens with zero attached hydrogens (tertiary/aromatic N) is 3. The van der Waals surface area contributed by atoms with Gasteiger partial charge < -0.3 is 9.67 Å². The van der Waals surface area contributed by atoms with Gasteiger partial charge >= 0.3 is 0 Å². The molecule has 2 aromatic rings. The molecule has 1 aromatic heterocycles. The van der Waals surface area contributed by atoms with Gasteiger partial charge in [-0.3, -0.25) is 0 Å². The summed E-state index contributed by atoms with van der Waals surface area (Å²) in [5, 5.41) is 21.5. The van der Waals surface area contributed by atoms with Crippen LogP contribution in [-0.2, 0) is 29.6 Å². The molecule has 2 rings (SSSR count). The third kappa shape index (κ3) is 3.37. The summed E-state index contributed by atoms with van der Waals surface area (Å²) in [5.74, 6) is 0.501. The number of aromatic nitrogens is 3. The van der Waals surface area contributed by atoms with Crippen molar-refractivity contribution in [1.29, 1.82) is 0 Å². The van der Waals surface area contributed by atoms with Gasteiger partial charge in [0, 0.05) is 6.54 Å². The normalized spacial score (nSPS) is 11.7. The lowest BCUT2D eigenvalue weighted by Gasteiger charge is -2.05. The number of nitrogens with two attached hydrogens (primary N) is 1. The molecule has 102 valence electrons. The van der Waals surface area contributed by atoms with Gasteiger partial charge in [-0.1, -0.05) is 12.1 Å². The molecule has 0 spiro atoms. The van der Waals surface area contributed by atoms with Crippen LogP contribution in [0.2, 0.25) is 0 Å². The van der Waals surface area contributed by atoms with E-state index in [0.717, 1.165) is 5.56 Å². The van der Waals surface area contributed by atoms with Gasteiger partial charge in [-0.2, -0.15) is 0 Å². The Hall–Kier alpha value is -1.77. The highest BCUT2D eigenvalue weighted by atomic mass is 32.2. The Labute approximate surface area is 110 Å². The van der Waals surface area contributed by atoms with Crippen molar-refractivity contribution in [2.45, 2.75) is 24.5 Å². The van der Waals surface area contributed by atoms with Gasteiger partial charge in [0.25, 0.3) is 0 Å². The highest BCUT2D eigenvalue weighted by Gasteiger charge is 2.07. The molecule has 1 aromatic carbocycles. The number of primary sulfonamides is 1. The number of rotatable bonds is 5. The molecule has 0 radical (unpaired) electrons. The number of hydrogen-bond donors (Lipinski definition) is 2. The van der Waals surface area contributed by atoms with Crippen molar-refractivity contribution in [2.75, 3.05) is 0 Å². The van der Waals surface area contributed by atoms with Gasteiger partial charge in [-0.25, -0.2) is 13.6 Å². The Morgan fingerprint density at radius 2 is 1.95 bits per heavy atom. The zero-order valence-electron chi connectivity index (χ0n) is 10.1. The van der Waals surface area contributed by atoms with Crippen LogP contribution in [0.4, 0.5) is 0 Å². The zero-order chi connectivity index (χ0) is 13.9. The summed E-state index contributed by atoms with van der Waals surface area (Å²) < 4.78 is 23.9. The Kier molecular flexibility index (Phi) is 3.93. The van der Waals surface area contributed by atoms with Gasteiger partial charge in [-0.05, 0) is 24.1 Å². The number of aliphatic hydroxyl groups is 1. The first-order chi connectivity index (χ1) is 9.00. The molecule has 0 atom stereocenters. The van der Waals surface area contributed by atoms with Crippen LogP contribution < -0.4 is 5.14 Å². The summed E-state index contributed by atoms with van der Waals surface area (Å²) in [6.07, 6.45) is 2.22. The molecule has 7 nitrogen and oxygen atoms in total. The van der Waals surface area contributed by atoms with E-state index in [4.69, 9.17) is 10.2 Å². The average molecular weight is 282 g/mol. The number of benzene rings is 1. The topological polar surface area (TPSA) is 111 Å². The predicted molar refractivity (Wildman–Crippen MR) is 67.5 cm³/mol. The standard InChI is InChI=1S/C11H14N4O3S/c12-19(17,18)10-3-1-9(2-4-10)5-6-15-8-13-14-11(15)7-16/h1-4,8,16H,5-7H2,(H2,12,17,18). The minimum Gasteiger partial charge on any atom is -0.388 e. The summed E-state index contributed by atoms with van der Waals surface area (Å²) in [7, 11) is -3.65. The fraction of sp³-hybridized carbons (Fsp3) is 0.273. The lowest BCUT2D eigenvalue weighted by molar-refractivity contribution is 0.264. The molecule has 19 heavy (non-hydrogen) atoms. The van der Waals surface area contributed by atoms with Crippen LogP contribution in [0.1, 0.15) is 11.4 Å². The smallest absolute Gasteiger partial charge is 0.238 e. The average Bonchev–Trinajstić information content (AvgIpc) is 2.83. The fourth-order valence-corrected chi connectivity index (χ4v) is 2.20. The SMILES string of the molecule is NS(=O)(=O)c1ccc(CCn2cnnc2CO)cc1. The van der Waals surface area contributed by atoms with Crippen LogP contribution in [0, 0.1) is 0 Å². The van der Waals surface area contributed by atoms with Crippen molar-refractivity contribution in [3.63, 3.8) is 0 Å². The molecule has 0 fully saturated rings. The van der Waals surface area contributed by atoms with E-state index in [1.165, 1.54) is 12.1 Å². The highest BCUT2D eigenvalue weighted by Crippen LogP contribution is 2.10. The van der Waals surface area contributed by atoms with E-state index in [-0.39, 0.29) is 11.5 Å². The van der Waals surface area contributed by atoms with Crippen LogP contribution in [0.3, 0.4) is 0 Å². The molecule has 0 aliphatic carbocycles. The second-order valence-electron chi connectivity index (χ2n) is 4.04. The minimum atomic E-state index is -3.65. The maximum absolute atomic E-state index is 11.1. The quantitative estimate of drug-likeness (QED) is 0.779. The predicted octanol–water partition coefficient (Wildman–Crippen LogP) is -0.340. The van der Waals surface area contributed by atoms with Gasteiger partial charge in [0.2, 0.25) is 10.0 Å². The number of aliphatic hydroxyl groups excluding tert-OH is 1. The van der Waals surface area contributed by atoms with E-state index in [1.807, 2.05) is 0 Å². The van der Waals surface area contributed by atoms with E-state index >= 15 is 0 Å². The summed E-state index contributed by atoms with van der Waals surface area (Å²) in [6.45, 7) is 0.446. The van der Waals surface area contributed by atoms with Crippen molar-refractivity contribution in [3.8, 4) is 0 Å². The summed E-state index contributed by atoms with van der Waals surface area (Å²) in [6, 6.07) is 6.37. The molecule has 0 aliphatic heterocycles. The largest absolute Gasteiger partial charge is 0.388 e. The fourth-order valence-electron chi connectivity index (χ4n) is 1.68. The number of sulfonamides is 1. The van der Waals surface area contributed by atoms with Gasteiger partial charge in [0.05, 0.1) is 4.90 Å². The van der Waals surface area contributed by atoms with E-state index in [2.05, 4.69) is 10.2 Å². The van der Waals surface area contributed by atoms with Crippen LogP contribution in [0.15, 0.2) is 35.5 Å².